The summed E-state index contributed by atoms with van der Waals surface area (Å²) in [6.07, 6.45) is 6.76. The van der Waals surface area contributed by atoms with E-state index >= 15 is 0 Å². The molecule has 1 saturated carbocycles. The smallest absolute Gasteiger partial charge is 0.231 e. The van der Waals surface area contributed by atoms with Crippen LogP contribution in [0.15, 0.2) is 24.4 Å². The lowest BCUT2D eigenvalue weighted by Gasteiger charge is -2.39. The van der Waals surface area contributed by atoms with Crippen molar-refractivity contribution in [2.24, 2.45) is 17.3 Å². The highest BCUT2D eigenvalue weighted by Crippen LogP contribution is 2.46. The molecular formula is C23H32N4O3. The first-order valence-corrected chi connectivity index (χ1v) is 11.5. The molecule has 0 aromatic carbocycles. The number of likely N-dealkylation sites (tertiary alicyclic amines) is 1. The van der Waals surface area contributed by atoms with Crippen LogP contribution < -0.4 is 4.90 Å². The normalized spacial score (nSPS) is 29.9. The average Bonchev–Trinajstić information content (AvgIpc) is 3.02. The predicted octanol–water partition coefficient (Wildman–Crippen LogP) is 1.79. The number of carbonyl (C=O) groups excluding carboxylic acids is 2. The van der Waals surface area contributed by atoms with Crippen molar-refractivity contribution in [3.05, 3.63) is 24.4 Å². The van der Waals surface area contributed by atoms with E-state index in [1.54, 1.807) is 0 Å². The molecule has 2 atom stereocenters. The largest absolute Gasteiger partial charge is 0.378 e. The van der Waals surface area contributed by atoms with Crippen LogP contribution in [0.4, 0.5) is 5.82 Å². The second-order valence-corrected chi connectivity index (χ2v) is 9.34. The second kappa shape index (κ2) is 8.17. The number of aromatic nitrogens is 1. The molecule has 162 valence electrons. The molecule has 4 aliphatic rings. The molecule has 4 fully saturated rings. The molecule has 7 nitrogen and oxygen atoms in total. The SMILES string of the molecule is O=C(C1CCC1)N1CCC[C@]2(C(=O)N3CCOCC3)CN(c3ccccn3)C[C@@H]2C1. The Labute approximate surface area is 178 Å². The number of pyridine rings is 1. The molecule has 1 aromatic heterocycles. The molecular weight excluding hydrogens is 380 g/mol. The zero-order chi connectivity index (χ0) is 20.6. The molecule has 3 saturated heterocycles. The van der Waals surface area contributed by atoms with Crippen LogP contribution in [-0.4, -0.2) is 79.1 Å². The topological polar surface area (TPSA) is 66.0 Å². The number of hydrogen-bond donors (Lipinski definition) is 0. The van der Waals surface area contributed by atoms with Gasteiger partial charge in [0.05, 0.1) is 18.6 Å². The van der Waals surface area contributed by atoms with Gasteiger partial charge in [-0.1, -0.05) is 12.5 Å². The Balaban J connectivity index is 1.43. The van der Waals surface area contributed by atoms with E-state index in [9.17, 15) is 9.59 Å². The number of amides is 2. The van der Waals surface area contributed by atoms with Crippen molar-refractivity contribution in [1.82, 2.24) is 14.8 Å². The molecule has 0 N–H and O–H groups in total. The van der Waals surface area contributed by atoms with Crippen molar-refractivity contribution in [3.63, 3.8) is 0 Å². The summed E-state index contributed by atoms with van der Waals surface area (Å²) in [6, 6.07) is 5.94. The number of nitrogens with zero attached hydrogens (tertiary/aromatic N) is 4. The maximum atomic E-state index is 13.9. The number of anilines is 1. The lowest BCUT2D eigenvalue weighted by molar-refractivity contribution is -0.149. The zero-order valence-corrected chi connectivity index (χ0v) is 17.7. The van der Waals surface area contributed by atoms with E-state index in [2.05, 4.69) is 14.8 Å². The van der Waals surface area contributed by atoms with E-state index < -0.39 is 5.41 Å². The minimum absolute atomic E-state index is 0.140. The van der Waals surface area contributed by atoms with Gasteiger partial charge in [-0.15, -0.1) is 0 Å². The van der Waals surface area contributed by atoms with Gasteiger partial charge in [-0.05, 0) is 37.8 Å². The first-order valence-electron chi connectivity index (χ1n) is 11.5. The van der Waals surface area contributed by atoms with Crippen LogP contribution in [0.5, 0.6) is 0 Å². The molecule has 0 spiro atoms. The molecule has 5 rings (SSSR count). The van der Waals surface area contributed by atoms with Gasteiger partial charge in [0.15, 0.2) is 0 Å². The highest BCUT2D eigenvalue weighted by molar-refractivity contribution is 5.85. The Kier molecular flexibility index (Phi) is 5.39. The average molecular weight is 413 g/mol. The molecule has 30 heavy (non-hydrogen) atoms. The second-order valence-electron chi connectivity index (χ2n) is 9.34. The number of rotatable bonds is 3. The van der Waals surface area contributed by atoms with Crippen molar-refractivity contribution in [2.45, 2.75) is 32.1 Å². The third kappa shape index (κ3) is 3.47. The van der Waals surface area contributed by atoms with E-state index in [1.165, 1.54) is 6.42 Å². The van der Waals surface area contributed by atoms with Crippen LogP contribution in [0.25, 0.3) is 0 Å². The standard InChI is InChI=1S/C23H32N4O3/c28-21(18-5-3-6-18)26-10-4-8-23(22(29)25-11-13-30-14-12-25)17-27(16-19(23)15-26)20-7-1-2-9-24-20/h1-2,7,9,18-19H,3-6,8,10-17H2/t19-,23-/m0/s1. The van der Waals surface area contributed by atoms with Crippen molar-refractivity contribution in [3.8, 4) is 0 Å². The molecule has 0 unspecified atom stereocenters. The van der Waals surface area contributed by atoms with Crippen LogP contribution in [-0.2, 0) is 14.3 Å². The molecule has 7 heteroatoms. The fourth-order valence-corrected chi connectivity index (χ4v) is 5.69. The van der Waals surface area contributed by atoms with E-state index in [-0.39, 0.29) is 17.7 Å². The van der Waals surface area contributed by atoms with Gasteiger partial charge in [0.25, 0.3) is 0 Å². The number of hydrogen-bond acceptors (Lipinski definition) is 5. The maximum Gasteiger partial charge on any atom is 0.231 e. The van der Waals surface area contributed by atoms with Gasteiger partial charge in [-0.2, -0.15) is 0 Å². The Bertz CT molecular complexity index is 778. The van der Waals surface area contributed by atoms with Crippen molar-refractivity contribution >= 4 is 17.6 Å². The number of fused-ring (bicyclic) bond motifs is 1. The monoisotopic (exact) mass is 412 g/mol. The van der Waals surface area contributed by atoms with E-state index in [0.717, 1.165) is 44.6 Å². The summed E-state index contributed by atoms with van der Waals surface area (Å²) in [5.74, 6) is 1.85. The first kappa shape index (κ1) is 19.8. The van der Waals surface area contributed by atoms with Gasteiger partial charge >= 0.3 is 0 Å². The summed E-state index contributed by atoms with van der Waals surface area (Å²) >= 11 is 0. The summed E-state index contributed by atoms with van der Waals surface area (Å²) < 4.78 is 5.49. The van der Waals surface area contributed by atoms with E-state index in [0.29, 0.717) is 45.3 Å². The molecule has 1 aliphatic carbocycles. The quantitative estimate of drug-likeness (QED) is 0.757. The van der Waals surface area contributed by atoms with Crippen molar-refractivity contribution in [2.75, 3.05) is 57.4 Å². The van der Waals surface area contributed by atoms with Gasteiger partial charge in [0, 0.05) is 57.3 Å². The lowest BCUT2D eigenvalue weighted by atomic mass is 9.73. The lowest BCUT2D eigenvalue weighted by Crippen LogP contribution is -2.53. The molecule has 0 radical (unpaired) electrons. The maximum absolute atomic E-state index is 13.9. The van der Waals surface area contributed by atoms with Crippen LogP contribution >= 0.6 is 0 Å². The van der Waals surface area contributed by atoms with Gasteiger partial charge in [-0.3, -0.25) is 9.59 Å². The van der Waals surface area contributed by atoms with Gasteiger partial charge in [0.1, 0.15) is 5.82 Å². The number of carbonyl (C=O) groups is 2. The summed E-state index contributed by atoms with van der Waals surface area (Å²) in [7, 11) is 0. The Morgan fingerprint density at radius 1 is 1.03 bits per heavy atom. The Morgan fingerprint density at radius 3 is 2.57 bits per heavy atom. The number of ether oxygens (including phenoxy) is 1. The zero-order valence-electron chi connectivity index (χ0n) is 17.7. The molecule has 1 aromatic rings. The van der Waals surface area contributed by atoms with Crippen molar-refractivity contribution < 1.29 is 14.3 Å². The third-order valence-electron chi connectivity index (χ3n) is 7.65. The van der Waals surface area contributed by atoms with Crippen LogP contribution in [0.3, 0.4) is 0 Å². The third-order valence-corrected chi connectivity index (χ3v) is 7.65. The summed E-state index contributed by atoms with van der Waals surface area (Å²) in [5, 5.41) is 0. The van der Waals surface area contributed by atoms with Crippen LogP contribution in [0.1, 0.15) is 32.1 Å². The summed E-state index contributed by atoms with van der Waals surface area (Å²) in [6.45, 7) is 5.51. The van der Waals surface area contributed by atoms with Gasteiger partial charge in [0.2, 0.25) is 11.8 Å². The predicted molar refractivity (Wildman–Crippen MR) is 113 cm³/mol. The fraction of sp³-hybridized carbons (Fsp3) is 0.696. The van der Waals surface area contributed by atoms with Gasteiger partial charge < -0.3 is 19.4 Å². The van der Waals surface area contributed by atoms with Crippen LogP contribution in [0.2, 0.25) is 0 Å². The Morgan fingerprint density at radius 2 is 1.87 bits per heavy atom. The summed E-state index contributed by atoms with van der Waals surface area (Å²) in [4.78, 5) is 37.8. The van der Waals surface area contributed by atoms with Crippen LogP contribution in [0, 0.1) is 17.3 Å². The first-order chi connectivity index (χ1) is 14.7. The van der Waals surface area contributed by atoms with Crippen molar-refractivity contribution in [1.29, 1.82) is 0 Å². The molecule has 3 aliphatic heterocycles. The number of morpholine rings is 1. The minimum Gasteiger partial charge on any atom is -0.378 e. The highest BCUT2D eigenvalue weighted by Gasteiger charge is 2.55. The minimum atomic E-state index is -0.441. The molecule has 2 amide bonds. The van der Waals surface area contributed by atoms with Gasteiger partial charge in [-0.25, -0.2) is 4.98 Å². The Hall–Kier alpha value is -2.15. The summed E-state index contributed by atoms with van der Waals surface area (Å²) in [5.41, 5.74) is -0.441. The molecule has 4 heterocycles. The van der Waals surface area contributed by atoms with E-state index in [1.807, 2.05) is 29.3 Å². The highest BCUT2D eigenvalue weighted by atomic mass is 16.5. The molecule has 0 bridgehead atoms. The van der Waals surface area contributed by atoms with E-state index in [4.69, 9.17) is 4.74 Å². The fourth-order valence-electron chi connectivity index (χ4n) is 5.69.